The highest BCUT2D eigenvalue weighted by molar-refractivity contribution is 7.99. The normalized spacial score (nSPS) is 11.1. The molecule has 9 heteroatoms. The molecule has 3 aromatic rings. The third kappa shape index (κ3) is 6.10. The molecule has 0 saturated heterocycles. The Kier molecular flexibility index (Phi) is 7.53. The van der Waals surface area contributed by atoms with Crippen molar-refractivity contribution in [3.8, 4) is 0 Å². The summed E-state index contributed by atoms with van der Waals surface area (Å²) >= 11 is 1.35. The standard InChI is InChI=1S/C23H20F3N3O2S/c1-2-29(22(31)23(24,25)26)15-16-8-6-9-17(14-16)28-20(30)19-12-7-13-27-21(19)32-18-10-4-3-5-11-18/h3-14H,2,15H2,1H3,(H,28,30). The number of benzene rings is 2. The van der Waals surface area contributed by atoms with Gasteiger partial charge in [-0.2, -0.15) is 13.2 Å². The van der Waals surface area contributed by atoms with E-state index in [2.05, 4.69) is 10.3 Å². The molecule has 166 valence electrons. The number of halogens is 3. The molecule has 0 atom stereocenters. The number of aromatic nitrogens is 1. The molecule has 0 bridgehead atoms. The number of hydrogen-bond acceptors (Lipinski definition) is 4. The van der Waals surface area contributed by atoms with Crippen molar-refractivity contribution in [3.05, 3.63) is 84.1 Å². The third-order valence-corrected chi connectivity index (χ3v) is 5.47. The Hall–Kier alpha value is -3.33. The van der Waals surface area contributed by atoms with Gasteiger partial charge in [-0.15, -0.1) is 0 Å². The van der Waals surface area contributed by atoms with Crippen LogP contribution in [0.2, 0.25) is 0 Å². The summed E-state index contributed by atoms with van der Waals surface area (Å²) in [5.41, 5.74) is 1.24. The van der Waals surface area contributed by atoms with Crippen molar-refractivity contribution < 1.29 is 22.8 Å². The molecule has 2 aromatic carbocycles. The SMILES string of the molecule is CCN(Cc1cccc(NC(=O)c2cccnc2Sc2ccccc2)c1)C(=O)C(F)(F)F. The van der Waals surface area contributed by atoms with Gasteiger partial charge in [0.05, 0.1) is 5.56 Å². The maximum Gasteiger partial charge on any atom is 0.471 e. The lowest BCUT2D eigenvalue weighted by atomic mass is 10.1. The molecule has 1 N–H and O–H groups in total. The van der Waals surface area contributed by atoms with E-state index in [0.717, 1.165) is 4.90 Å². The van der Waals surface area contributed by atoms with Crippen LogP contribution in [0.5, 0.6) is 0 Å². The van der Waals surface area contributed by atoms with E-state index < -0.39 is 18.0 Å². The van der Waals surface area contributed by atoms with E-state index >= 15 is 0 Å². The van der Waals surface area contributed by atoms with E-state index in [1.165, 1.54) is 18.7 Å². The molecule has 1 aromatic heterocycles. The molecule has 5 nitrogen and oxygen atoms in total. The van der Waals surface area contributed by atoms with Gasteiger partial charge in [-0.25, -0.2) is 4.98 Å². The van der Waals surface area contributed by atoms with Crippen LogP contribution in [0.1, 0.15) is 22.8 Å². The third-order valence-electron chi connectivity index (χ3n) is 4.44. The van der Waals surface area contributed by atoms with E-state index in [9.17, 15) is 22.8 Å². The van der Waals surface area contributed by atoms with Crippen LogP contribution in [-0.2, 0) is 11.3 Å². The second kappa shape index (κ2) is 10.3. The highest BCUT2D eigenvalue weighted by atomic mass is 32.2. The monoisotopic (exact) mass is 459 g/mol. The molecule has 0 spiro atoms. The topological polar surface area (TPSA) is 62.3 Å². The minimum atomic E-state index is -4.94. The van der Waals surface area contributed by atoms with Gasteiger partial charge in [-0.1, -0.05) is 42.1 Å². The maximum atomic E-state index is 12.9. The molecule has 0 aliphatic rings. The van der Waals surface area contributed by atoms with E-state index in [-0.39, 0.29) is 13.1 Å². The minimum Gasteiger partial charge on any atom is -0.331 e. The zero-order valence-electron chi connectivity index (χ0n) is 17.1. The molecule has 3 rings (SSSR count). The summed E-state index contributed by atoms with van der Waals surface area (Å²) in [4.78, 5) is 30.4. The van der Waals surface area contributed by atoms with Crippen molar-refractivity contribution >= 4 is 29.3 Å². The van der Waals surface area contributed by atoms with Crippen LogP contribution < -0.4 is 5.32 Å². The van der Waals surface area contributed by atoms with Crippen molar-refractivity contribution in [2.45, 2.75) is 29.6 Å². The number of nitrogens with zero attached hydrogens (tertiary/aromatic N) is 2. The number of nitrogens with one attached hydrogen (secondary N) is 1. The number of alkyl halides is 3. The van der Waals surface area contributed by atoms with Crippen molar-refractivity contribution in [3.63, 3.8) is 0 Å². The van der Waals surface area contributed by atoms with Crippen LogP contribution in [0.15, 0.2) is 82.8 Å². The number of anilines is 1. The second-order valence-corrected chi connectivity index (χ2v) is 7.81. The zero-order chi connectivity index (χ0) is 23.1. The summed E-state index contributed by atoms with van der Waals surface area (Å²) in [6.07, 6.45) is -3.34. The van der Waals surface area contributed by atoms with Gasteiger partial charge >= 0.3 is 12.1 Å². The predicted molar refractivity (Wildman–Crippen MR) is 116 cm³/mol. The summed E-state index contributed by atoms with van der Waals surface area (Å²) in [6, 6.07) is 19.2. The number of hydrogen-bond donors (Lipinski definition) is 1. The van der Waals surface area contributed by atoms with Gasteiger partial charge in [0.2, 0.25) is 0 Å². The molecule has 0 aliphatic carbocycles. The lowest BCUT2D eigenvalue weighted by Crippen LogP contribution is -2.40. The van der Waals surface area contributed by atoms with Gasteiger partial charge in [0, 0.05) is 29.9 Å². The van der Waals surface area contributed by atoms with Gasteiger partial charge in [-0.05, 0) is 48.9 Å². The Labute approximate surface area is 187 Å². The van der Waals surface area contributed by atoms with Gasteiger partial charge in [0.25, 0.3) is 5.91 Å². The summed E-state index contributed by atoms with van der Waals surface area (Å²) in [7, 11) is 0. The van der Waals surface area contributed by atoms with Crippen molar-refractivity contribution in [1.82, 2.24) is 9.88 Å². The van der Waals surface area contributed by atoms with Gasteiger partial charge < -0.3 is 10.2 Å². The smallest absolute Gasteiger partial charge is 0.331 e. The number of carbonyl (C=O) groups is 2. The Morgan fingerprint density at radius 2 is 1.78 bits per heavy atom. The van der Waals surface area contributed by atoms with Gasteiger partial charge in [-0.3, -0.25) is 9.59 Å². The molecule has 0 radical (unpaired) electrons. The lowest BCUT2D eigenvalue weighted by molar-refractivity contribution is -0.185. The fourth-order valence-corrected chi connectivity index (χ4v) is 3.82. The molecule has 2 amide bonds. The fourth-order valence-electron chi connectivity index (χ4n) is 2.92. The minimum absolute atomic E-state index is 0.0926. The van der Waals surface area contributed by atoms with Crippen LogP contribution in [0.25, 0.3) is 0 Å². The Morgan fingerprint density at radius 3 is 2.47 bits per heavy atom. The summed E-state index contributed by atoms with van der Waals surface area (Å²) in [6.45, 7) is 1.16. The van der Waals surface area contributed by atoms with E-state index in [4.69, 9.17) is 0 Å². The van der Waals surface area contributed by atoms with E-state index in [1.54, 1.807) is 42.6 Å². The number of amides is 2. The first kappa shape index (κ1) is 23.3. The molecule has 0 aliphatic heterocycles. The second-order valence-electron chi connectivity index (χ2n) is 6.74. The number of carbonyl (C=O) groups excluding carboxylic acids is 2. The highest BCUT2D eigenvalue weighted by Gasteiger charge is 2.41. The van der Waals surface area contributed by atoms with Crippen LogP contribution in [-0.4, -0.2) is 34.4 Å². The average Bonchev–Trinajstić information content (AvgIpc) is 2.77. The first-order chi connectivity index (χ1) is 15.3. The maximum absolute atomic E-state index is 12.9. The molecule has 1 heterocycles. The molecular weight excluding hydrogens is 439 g/mol. The summed E-state index contributed by atoms with van der Waals surface area (Å²) < 4.78 is 38.3. The first-order valence-electron chi connectivity index (χ1n) is 9.72. The van der Waals surface area contributed by atoms with Gasteiger partial charge in [0.1, 0.15) is 5.03 Å². The highest BCUT2D eigenvalue weighted by Crippen LogP contribution is 2.29. The van der Waals surface area contributed by atoms with Gasteiger partial charge in [0.15, 0.2) is 0 Å². The van der Waals surface area contributed by atoms with Crippen LogP contribution in [0, 0.1) is 0 Å². The van der Waals surface area contributed by atoms with Crippen LogP contribution in [0.4, 0.5) is 18.9 Å². The Balaban J connectivity index is 1.75. The predicted octanol–water partition coefficient (Wildman–Crippen LogP) is 5.40. The summed E-state index contributed by atoms with van der Waals surface area (Å²) in [5, 5.41) is 3.29. The molecule has 32 heavy (non-hydrogen) atoms. The Morgan fingerprint density at radius 1 is 1.03 bits per heavy atom. The van der Waals surface area contributed by atoms with Crippen molar-refractivity contribution in [1.29, 1.82) is 0 Å². The Bertz CT molecular complexity index is 1090. The largest absolute Gasteiger partial charge is 0.471 e. The van der Waals surface area contributed by atoms with Crippen LogP contribution in [0.3, 0.4) is 0 Å². The van der Waals surface area contributed by atoms with Crippen LogP contribution >= 0.6 is 11.8 Å². The lowest BCUT2D eigenvalue weighted by Gasteiger charge is -2.22. The van der Waals surface area contributed by atoms with Crippen molar-refractivity contribution in [2.24, 2.45) is 0 Å². The van der Waals surface area contributed by atoms with E-state index in [1.807, 2.05) is 30.3 Å². The fraction of sp³-hybridized carbons (Fsp3) is 0.174. The van der Waals surface area contributed by atoms with E-state index in [0.29, 0.717) is 26.7 Å². The number of rotatable bonds is 7. The zero-order valence-corrected chi connectivity index (χ0v) is 17.9. The molecule has 0 fully saturated rings. The number of pyridine rings is 1. The summed E-state index contributed by atoms with van der Waals surface area (Å²) in [5.74, 6) is -2.29. The van der Waals surface area contributed by atoms with Crippen molar-refractivity contribution in [2.75, 3.05) is 11.9 Å². The quantitative estimate of drug-likeness (QED) is 0.514. The molecular formula is C23H20F3N3O2S. The molecule has 0 saturated carbocycles. The average molecular weight is 459 g/mol. The first-order valence-corrected chi connectivity index (χ1v) is 10.5. The molecule has 0 unspecified atom stereocenters.